The SMILES string of the molecule is [NH3+][C@@]1(C(=O)[O-])CCC[C@@H](C(=O)[O-])C1. The zero-order chi connectivity index (χ0) is 10.1. The van der Waals surface area contributed by atoms with E-state index in [1.807, 2.05) is 0 Å². The number of hydrogen-bond donors (Lipinski definition) is 1. The molecule has 2 atom stereocenters. The molecular weight excluding hydrogens is 174 g/mol. The molecule has 0 aromatic heterocycles. The molecule has 1 aliphatic carbocycles. The lowest BCUT2D eigenvalue weighted by atomic mass is 9.76. The Morgan fingerprint density at radius 3 is 2.46 bits per heavy atom. The van der Waals surface area contributed by atoms with Crippen LogP contribution in [0.25, 0.3) is 0 Å². The second kappa shape index (κ2) is 3.33. The van der Waals surface area contributed by atoms with Crippen LogP contribution in [0, 0.1) is 5.92 Å². The average Bonchev–Trinajstić information content (AvgIpc) is 2.04. The third-order valence-electron chi connectivity index (χ3n) is 2.61. The van der Waals surface area contributed by atoms with Gasteiger partial charge < -0.3 is 25.5 Å². The first kappa shape index (κ1) is 9.98. The van der Waals surface area contributed by atoms with E-state index in [1.165, 1.54) is 0 Å². The number of aliphatic carboxylic acids is 2. The van der Waals surface area contributed by atoms with Gasteiger partial charge in [0.05, 0.1) is 0 Å². The maximum absolute atomic E-state index is 10.7. The summed E-state index contributed by atoms with van der Waals surface area (Å²) in [6.45, 7) is 0. The van der Waals surface area contributed by atoms with E-state index in [0.29, 0.717) is 19.3 Å². The number of rotatable bonds is 2. The Morgan fingerprint density at radius 2 is 2.00 bits per heavy atom. The number of carboxylic acids is 2. The summed E-state index contributed by atoms with van der Waals surface area (Å²) in [5.41, 5.74) is 2.27. The Labute approximate surface area is 75.5 Å². The molecule has 5 nitrogen and oxygen atoms in total. The van der Waals surface area contributed by atoms with Crippen molar-refractivity contribution in [2.24, 2.45) is 5.92 Å². The minimum Gasteiger partial charge on any atom is -0.550 e. The molecule has 0 aliphatic heterocycles. The van der Waals surface area contributed by atoms with E-state index < -0.39 is 23.4 Å². The van der Waals surface area contributed by atoms with Gasteiger partial charge in [0.15, 0.2) is 0 Å². The first-order chi connectivity index (χ1) is 5.96. The molecule has 0 heterocycles. The van der Waals surface area contributed by atoms with E-state index >= 15 is 0 Å². The minimum atomic E-state index is -1.27. The zero-order valence-electron chi connectivity index (χ0n) is 7.25. The van der Waals surface area contributed by atoms with Crippen molar-refractivity contribution in [1.29, 1.82) is 0 Å². The number of carbonyl (C=O) groups is 2. The smallest absolute Gasteiger partial charge is 0.135 e. The Hall–Kier alpha value is -1.10. The van der Waals surface area contributed by atoms with Crippen LogP contribution < -0.4 is 15.9 Å². The first-order valence-electron chi connectivity index (χ1n) is 4.23. The number of hydrogen-bond acceptors (Lipinski definition) is 4. The summed E-state index contributed by atoms with van der Waals surface area (Å²) in [6, 6.07) is 0. The number of carbonyl (C=O) groups excluding carboxylic acids is 2. The quantitative estimate of drug-likeness (QED) is 0.486. The van der Waals surface area contributed by atoms with Crippen molar-refractivity contribution in [3.8, 4) is 0 Å². The van der Waals surface area contributed by atoms with Crippen LogP contribution in [0.15, 0.2) is 0 Å². The molecule has 0 unspecified atom stereocenters. The van der Waals surface area contributed by atoms with Crippen LogP contribution in [0.2, 0.25) is 0 Å². The van der Waals surface area contributed by atoms with Crippen LogP contribution in [0.1, 0.15) is 25.7 Å². The van der Waals surface area contributed by atoms with Gasteiger partial charge in [-0.2, -0.15) is 0 Å². The highest BCUT2D eigenvalue weighted by atomic mass is 16.4. The molecule has 1 saturated carbocycles. The second-order valence-corrected chi connectivity index (χ2v) is 3.68. The van der Waals surface area contributed by atoms with Gasteiger partial charge in [-0.05, 0) is 12.8 Å². The molecule has 74 valence electrons. The molecule has 1 aliphatic rings. The summed E-state index contributed by atoms with van der Waals surface area (Å²) in [7, 11) is 0. The fraction of sp³-hybridized carbons (Fsp3) is 0.750. The number of carboxylic acid groups (broad SMARTS) is 2. The van der Waals surface area contributed by atoms with Crippen LogP contribution in [-0.4, -0.2) is 17.5 Å². The molecule has 0 spiro atoms. The summed E-state index contributed by atoms with van der Waals surface area (Å²) in [6.07, 6.45) is 1.44. The summed E-state index contributed by atoms with van der Waals surface area (Å²) in [4.78, 5) is 21.2. The molecule has 0 amide bonds. The highest BCUT2D eigenvalue weighted by Gasteiger charge is 2.38. The van der Waals surface area contributed by atoms with Crippen molar-refractivity contribution >= 4 is 11.9 Å². The number of quaternary nitrogens is 1. The van der Waals surface area contributed by atoms with Crippen molar-refractivity contribution in [1.82, 2.24) is 0 Å². The van der Waals surface area contributed by atoms with Crippen molar-refractivity contribution in [2.75, 3.05) is 0 Å². The molecule has 0 saturated heterocycles. The lowest BCUT2D eigenvalue weighted by Gasteiger charge is -2.35. The molecule has 0 bridgehead atoms. The summed E-state index contributed by atoms with van der Waals surface area (Å²) < 4.78 is 0. The van der Waals surface area contributed by atoms with Crippen molar-refractivity contribution in [3.63, 3.8) is 0 Å². The van der Waals surface area contributed by atoms with Crippen molar-refractivity contribution in [3.05, 3.63) is 0 Å². The summed E-state index contributed by atoms with van der Waals surface area (Å²) in [5.74, 6) is -3.14. The second-order valence-electron chi connectivity index (χ2n) is 3.68. The van der Waals surface area contributed by atoms with Crippen LogP contribution in [0.4, 0.5) is 0 Å². The molecule has 1 fully saturated rings. The van der Waals surface area contributed by atoms with Gasteiger partial charge in [0, 0.05) is 24.7 Å². The molecule has 3 N–H and O–H groups in total. The predicted molar refractivity (Wildman–Crippen MR) is 37.6 cm³/mol. The average molecular weight is 186 g/mol. The largest absolute Gasteiger partial charge is 0.550 e. The lowest BCUT2D eigenvalue weighted by Crippen LogP contribution is -2.80. The van der Waals surface area contributed by atoms with Crippen molar-refractivity contribution < 1.29 is 25.5 Å². The van der Waals surface area contributed by atoms with Gasteiger partial charge in [0.1, 0.15) is 11.5 Å². The third-order valence-corrected chi connectivity index (χ3v) is 2.61. The molecule has 0 radical (unpaired) electrons. The van der Waals surface area contributed by atoms with E-state index in [0.717, 1.165) is 0 Å². The summed E-state index contributed by atoms with van der Waals surface area (Å²) in [5, 5.41) is 21.2. The molecule has 13 heavy (non-hydrogen) atoms. The van der Waals surface area contributed by atoms with Gasteiger partial charge in [-0.1, -0.05) is 0 Å². The normalized spacial score (nSPS) is 34.1. The molecule has 0 aromatic rings. The Kier molecular flexibility index (Phi) is 2.56. The van der Waals surface area contributed by atoms with Gasteiger partial charge in [-0.3, -0.25) is 0 Å². The summed E-state index contributed by atoms with van der Waals surface area (Å²) >= 11 is 0. The molecular formula is C8H12NO4-. The van der Waals surface area contributed by atoms with Crippen LogP contribution in [-0.2, 0) is 9.59 Å². The van der Waals surface area contributed by atoms with Gasteiger partial charge in [-0.25, -0.2) is 0 Å². The minimum absolute atomic E-state index is 0.0255. The van der Waals surface area contributed by atoms with Crippen molar-refractivity contribution in [2.45, 2.75) is 31.2 Å². The Bertz CT molecular complexity index is 240. The fourth-order valence-electron chi connectivity index (χ4n) is 1.75. The zero-order valence-corrected chi connectivity index (χ0v) is 7.25. The van der Waals surface area contributed by atoms with E-state index in [2.05, 4.69) is 5.73 Å². The highest BCUT2D eigenvalue weighted by molar-refractivity contribution is 5.76. The van der Waals surface area contributed by atoms with Gasteiger partial charge in [0.25, 0.3) is 0 Å². The first-order valence-corrected chi connectivity index (χ1v) is 4.23. The Morgan fingerprint density at radius 1 is 1.38 bits per heavy atom. The fourth-order valence-corrected chi connectivity index (χ4v) is 1.75. The van der Waals surface area contributed by atoms with Gasteiger partial charge in [-0.15, -0.1) is 0 Å². The Balaban J connectivity index is 2.71. The van der Waals surface area contributed by atoms with E-state index in [4.69, 9.17) is 0 Å². The van der Waals surface area contributed by atoms with Crippen LogP contribution >= 0.6 is 0 Å². The molecule has 1 rings (SSSR count). The third kappa shape index (κ3) is 1.98. The highest BCUT2D eigenvalue weighted by Crippen LogP contribution is 2.28. The van der Waals surface area contributed by atoms with Crippen LogP contribution in [0.5, 0.6) is 0 Å². The maximum atomic E-state index is 10.7. The molecule has 5 heteroatoms. The standard InChI is InChI=1S/C8H13NO4/c9-8(7(12)13)3-1-2-5(4-8)6(10)11/h5H,1-4,9H2,(H,10,11)(H,12,13)/p-1/t5-,8+/m1/s1. The van der Waals surface area contributed by atoms with E-state index in [9.17, 15) is 19.8 Å². The van der Waals surface area contributed by atoms with E-state index in [-0.39, 0.29) is 6.42 Å². The molecule has 0 aromatic carbocycles. The monoisotopic (exact) mass is 186 g/mol. The van der Waals surface area contributed by atoms with Gasteiger partial charge >= 0.3 is 0 Å². The topological polar surface area (TPSA) is 108 Å². The predicted octanol–water partition coefficient (Wildman–Crippen LogP) is -3.34. The lowest BCUT2D eigenvalue weighted by molar-refractivity contribution is -0.494. The van der Waals surface area contributed by atoms with Gasteiger partial charge in [0.2, 0.25) is 0 Å². The maximum Gasteiger partial charge on any atom is 0.135 e. The van der Waals surface area contributed by atoms with E-state index in [1.54, 1.807) is 0 Å². The van der Waals surface area contributed by atoms with Crippen LogP contribution in [0.3, 0.4) is 0 Å².